The lowest BCUT2D eigenvalue weighted by molar-refractivity contribution is -0.340. The number of anilines is 2. The number of ether oxygens (including phenoxy) is 1. The fourth-order valence-electron chi connectivity index (χ4n) is 1.93. The van der Waals surface area contributed by atoms with Gasteiger partial charge in [-0.3, -0.25) is 0 Å². The summed E-state index contributed by atoms with van der Waals surface area (Å²) in [5, 5.41) is 6.21. The van der Waals surface area contributed by atoms with E-state index < -0.39 is 0 Å². The number of H-pyrrole nitrogens is 1. The van der Waals surface area contributed by atoms with E-state index in [9.17, 15) is 4.39 Å². The van der Waals surface area contributed by atoms with Crippen LogP contribution in [0.1, 0.15) is 0 Å². The average Bonchev–Trinajstić information content (AvgIpc) is 2.97. The summed E-state index contributed by atoms with van der Waals surface area (Å²) in [6.45, 7) is 0. The first-order valence-electron chi connectivity index (χ1n) is 6.42. The number of nitrogens with one attached hydrogen (secondary N) is 2. The highest BCUT2D eigenvalue weighted by molar-refractivity contribution is 7.13. The van der Waals surface area contributed by atoms with E-state index in [1.54, 1.807) is 30.6 Å². The zero-order valence-electron chi connectivity index (χ0n) is 11.4. The van der Waals surface area contributed by atoms with Crippen LogP contribution < -0.4 is 15.0 Å². The van der Waals surface area contributed by atoms with Crippen LogP contribution >= 0.6 is 11.3 Å². The Hall–Kier alpha value is -2.40. The molecular formula is C16H14FN2OS+. The summed E-state index contributed by atoms with van der Waals surface area (Å²) in [6, 6.07) is 14.1. The summed E-state index contributed by atoms with van der Waals surface area (Å²) >= 11 is 1.56. The van der Waals surface area contributed by atoms with Crippen molar-refractivity contribution in [3.8, 4) is 17.0 Å². The van der Waals surface area contributed by atoms with Gasteiger partial charge in [-0.1, -0.05) is 11.3 Å². The number of hydrogen-bond acceptors (Lipinski definition) is 3. The van der Waals surface area contributed by atoms with Gasteiger partial charge in [-0.2, -0.15) is 0 Å². The van der Waals surface area contributed by atoms with E-state index in [1.165, 1.54) is 12.1 Å². The Kier molecular flexibility index (Phi) is 3.83. The van der Waals surface area contributed by atoms with Gasteiger partial charge in [0.2, 0.25) is 0 Å². The summed E-state index contributed by atoms with van der Waals surface area (Å²) in [7, 11) is 1.64. The number of hydrogen-bond donors (Lipinski definition) is 1. The SMILES string of the molecule is COc1ccc(Nc2[nH+]c(-c3ccc(F)cc3)cs2)cc1. The molecule has 0 fully saturated rings. The van der Waals surface area contributed by atoms with Gasteiger partial charge in [0.25, 0.3) is 0 Å². The third kappa shape index (κ3) is 3.20. The third-order valence-electron chi connectivity index (χ3n) is 3.05. The Morgan fingerprint density at radius 2 is 1.76 bits per heavy atom. The van der Waals surface area contributed by atoms with Crippen LogP contribution in [0.2, 0.25) is 0 Å². The minimum Gasteiger partial charge on any atom is -0.497 e. The number of methoxy groups -OCH3 is 1. The number of aromatic nitrogens is 1. The van der Waals surface area contributed by atoms with Crippen LogP contribution in [0.25, 0.3) is 11.3 Å². The number of benzene rings is 2. The molecule has 5 heteroatoms. The maximum atomic E-state index is 12.9. The normalized spacial score (nSPS) is 10.4. The topological polar surface area (TPSA) is 35.4 Å². The fourth-order valence-corrected chi connectivity index (χ4v) is 2.71. The second-order valence-corrected chi connectivity index (χ2v) is 5.34. The van der Waals surface area contributed by atoms with Crippen molar-refractivity contribution in [3.05, 3.63) is 59.7 Å². The molecule has 3 aromatic rings. The van der Waals surface area contributed by atoms with Gasteiger partial charge in [-0.15, -0.1) is 0 Å². The molecule has 0 atom stereocenters. The lowest BCUT2D eigenvalue weighted by Gasteiger charge is -1.99. The Balaban J connectivity index is 1.76. The zero-order chi connectivity index (χ0) is 14.7. The summed E-state index contributed by atoms with van der Waals surface area (Å²) in [4.78, 5) is 3.28. The molecule has 3 nitrogen and oxygen atoms in total. The maximum absolute atomic E-state index is 12.9. The van der Waals surface area contributed by atoms with Gasteiger partial charge in [-0.25, -0.2) is 14.7 Å². The van der Waals surface area contributed by atoms with E-state index in [2.05, 4.69) is 10.3 Å². The van der Waals surface area contributed by atoms with Crippen LogP contribution in [0.3, 0.4) is 0 Å². The van der Waals surface area contributed by atoms with Crippen molar-refractivity contribution in [2.75, 3.05) is 12.4 Å². The van der Waals surface area contributed by atoms with Gasteiger partial charge in [0.15, 0.2) is 0 Å². The molecule has 0 saturated heterocycles. The summed E-state index contributed by atoms with van der Waals surface area (Å²) in [5.41, 5.74) is 2.88. The molecule has 0 bridgehead atoms. The lowest BCUT2D eigenvalue weighted by atomic mass is 10.2. The van der Waals surface area contributed by atoms with E-state index in [0.717, 1.165) is 27.8 Å². The van der Waals surface area contributed by atoms with Gasteiger partial charge in [0, 0.05) is 10.9 Å². The Morgan fingerprint density at radius 1 is 1.05 bits per heavy atom. The molecule has 0 aliphatic heterocycles. The first kappa shape index (κ1) is 13.6. The smallest absolute Gasteiger partial charge is 0.337 e. The highest BCUT2D eigenvalue weighted by Gasteiger charge is 2.10. The van der Waals surface area contributed by atoms with Crippen molar-refractivity contribution in [1.29, 1.82) is 0 Å². The molecule has 0 saturated carbocycles. The van der Waals surface area contributed by atoms with E-state index in [-0.39, 0.29) is 5.82 Å². The van der Waals surface area contributed by atoms with E-state index in [0.29, 0.717) is 0 Å². The van der Waals surface area contributed by atoms with Crippen LogP contribution in [-0.4, -0.2) is 7.11 Å². The van der Waals surface area contributed by atoms with Crippen molar-refractivity contribution < 1.29 is 14.1 Å². The van der Waals surface area contributed by atoms with Crippen LogP contribution in [0, 0.1) is 5.82 Å². The number of thiazole rings is 1. The minimum absolute atomic E-state index is 0.231. The maximum Gasteiger partial charge on any atom is 0.337 e. The zero-order valence-corrected chi connectivity index (χ0v) is 12.2. The number of aromatic amines is 1. The van der Waals surface area contributed by atoms with Gasteiger partial charge in [0.1, 0.15) is 22.9 Å². The molecule has 0 aliphatic rings. The summed E-state index contributed by atoms with van der Waals surface area (Å²) in [6.07, 6.45) is 0. The van der Waals surface area contributed by atoms with Gasteiger partial charge < -0.3 is 4.74 Å². The largest absolute Gasteiger partial charge is 0.497 e. The molecule has 0 spiro atoms. The second kappa shape index (κ2) is 5.93. The highest BCUT2D eigenvalue weighted by atomic mass is 32.1. The second-order valence-electron chi connectivity index (χ2n) is 4.46. The van der Waals surface area contributed by atoms with Crippen molar-refractivity contribution in [1.82, 2.24) is 0 Å². The molecule has 0 unspecified atom stereocenters. The van der Waals surface area contributed by atoms with Crippen molar-refractivity contribution in [2.45, 2.75) is 0 Å². The predicted octanol–water partition coefficient (Wildman–Crippen LogP) is 4.12. The van der Waals surface area contributed by atoms with E-state index >= 15 is 0 Å². The molecule has 0 aliphatic carbocycles. The molecule has 21 heavy (non-hydrogen) atoms. The van der Waals surface area contributed by atoms with Crippen LogP contribution in [-0.2, 0) is 0 Å². The van der Waals surface area contributed by atoms with Gasteiger partial charge in [-0.05, 0) is 48.5 Å². The molecule has 2 N–H and O–H groups in total. The molecule has 1 aromatic heterocycles. The Labute approximate surface area is 126 Å². The minimum atomic E-state index is -0.231. The Morgan fingerprint density at radius 3 is 2.43 bits per heavy atom. The molecule has 1 heterocycles. The molecule has 0 radical (unpaired) electrons. The summed E-state index contributed by atoms with van der Waals surface area (Å²) < 4.78 is 18.1. The highest BCUT2D eigenvalue weighted by Crippen LogP contribution is 2.24. The van der Waals surface area contributed by atoms with Gasteiger partial charge in [0.05, 0.1) is 7.11 Å². The van der Waals surface area contributed by atoms with Crippen LogP contribution in [0.5, 0.6) is 5.75 Å². The standard InChI is InChI=1S/C16H13FN2OS/c1-20-14-8-6-13(7-9-14)18-16-19-15(10-21-16)11-2-4-12(17)5-3-11/h2-10H,1H3,(H,18,19)/p+1. The molecular weight excluding hydrogens is 287 g/mol. The first-order chi connectivity index (χ1) is 10.2. The van der Waals surface area contributed by atoms with Crippen molar-refractivity contribution in [2.24, 2.45) is 0 Å². The quantitative estimate of drug-likeness (QED) is 0.786. The lowest BCUT2D eigenvalue weighted by Crippen LogP contribution is -2.07. The van der Waals surface area contributed by atoms with E-state index in [4.69, 9.17) is 4.74 Å². The molecule has 3 rings (SSSR count). The van der Waals surface area contributed by atoms with E-state index in [1.807, 2.05) is 29.6 Å². The molecule has 106 valence electrons. The first-order valence-corrected chi connectivity index (χ1v) is 7.30. The van der Waals surface area contributed by atoms with Crippen LogP contribution in [0.15, 0.2) is 53.9 Å². The summed E-state index contributed by atoms with van der Waals surface area (Å²) in [5.74, 6) is 0.591. The van der Waals surface area contributed by atoms with Crippen molar-refractivity contribution in [3.63, 3.8) is 0 Å². The van der Waals surface area contributed by atoms with Gasteiger partial charge >= 0.3 is 5.13 Å². The Bertz CT molecular complexity index is 723. The number of rotatable bonds is 4. The van der Waals surface area contributed by atoms with Crippen LogP contribution in [0.4, 0.5) is 15.2 Å². The predicted molar refractivity (Wildman–Crippen MR) is 82.5 cm³/mol. The monoisotopic (exact) mass is 301 g/mol. The molecule has 2 aromatic carbocycles. The number of halogens is 1. The third-order valence-corrected chi connectivity index (χ3v) is 3.84. The molecule has 0 amide bonds. The average molecular weight is 301 g/mol. The van der Waals surface area contributed by atoms with Crippen molar-refractivity contribution >= 4 is 22.2 Å². The fraction of sp³-hybridized carbons (Fsp3) is 0.0625.